The van der Waals surface area contributed by atoms with Crippen molar-refractivity contribution in [3.05, 3.63) is 23.9 Å². The Bertz CT molecular complexity index is 576. The molecule has 0 bridgehead atoms. The molecule has 1 fully saturated rings. The first-order valence-electron chi connectivity index (χ1n) is 7.81. The van der Waals surface area contributed by atoms with Crippen LogP contribution >= 0.6 is 0 Å². The van der Waals surface area contributed by atoms with Gasteiger partial charge in [-0.1, -0.05) is 18.1 Å². The second-order valence-electron chi connectivity index (χ2n) is 5.45. The van der Waals surface area contributed by atoms with E-state index in [2.05, 4.69) is 22.3 Å². The fraction of sp³-hybridized carbons (Fsp3) is 0.562. The van der Waals surface area contributed by atoms with Crippen LogP contribution in [0.2, 0.25) is 0 Å². The minimum Gasteiger partial charge on any atom is -0.493 e. The monoisotopic (exact) mass is 289 g/mol. The zero-order chi connectivity index (χ0) is 14.5. The second-order valence-corrected chi connectivity index (χ2v) is 5.45. The molecule has 0 radical (unpaired) electrons. The highest BCUT2D eigenvalue weighted by molar-refractivity contribution is 5.86. The van der Waals surface area contributed by atoms with Gasteiger partial charge in [-0.15, -0.1) is 0 Å². The Morgan fingerprint density at radius 3 is 3.00 bits per heavy atom. The van der Waals surface area contributed by atoms with Gasteiger partial charge in [-0.3, -0.25) is 0 Å². The largest absolute Gasteiger partial charge is 0.493 e. The van der Waals surface area contributed by atoms with Crippen LogP contribution in [0.15, 0.2) is 22.7 Å². The lowest BCUT2D eigenvalue weighted by atomic mass is 10.1. The first-order chi connectivity index (χ1) is 10.4. The van der Waals surface area contributed by atoms with Crippen LogP contribution in [-0.2, 0) is 6.42 Å². The van der Waals surface area contributed by atoms with Gasteiger partial charge in [-0.2, -0.15) is 0 Å². The van der Waals surface area contributed by atoms with Crippen LogP contribution in [0.25, 0.3) is 11.0 Å². The Morgan fingerprint density at radius 2 is 2.19 bits per heavy atom. The average molecular weight is 289 g/mol. The van der Waals surface area contributed by atoms with E-state index >= 15 is 0 Å². The number of nitrogens with one attached hydrogen (secondary N) is 1. The molecule has 0 atom stereocenters. The third kappa shape index (κ3) is 3.36. The quantitative estimate of drug-likeness (QED) is 0.882. The number of benzene rings is 1. The third-order valence-corrected chi connectivity index (χ3v) is 3.87. The van der Waals surface area contributed by atoms with E-state index in [-0.39, 0.29) is 0 Å². The topological polar surface area (TPSA) is 50.5 Å². The van der Waals surface area contributed by atoms with Crippen molar-refractivity contribution in [2.24, 2.45) is 0 Å². The highest BCUT2D eigenvalue weighted by Gasteiger charge is 2.15. The molecule has 1 aliphatic heterocycles. The summed E-state index contributed by atoms with van der Waals surface area (Å²) in [5.74, 6) is 0.894. The number of nitrogens with zero attached hydrogens (tertiary/aromatic N) is 2. The fourth-order valence-electron chi connectivity index (χ4n) is 2.72. The zero-order valence-corrected chi connectivity index (χ0v) is 12.6. The van der Waals surface area contributed by atoms with E-state index in [0.717, 1.165) is 74.6 Å². The average Bonchev–Trinajstić information content (AvgIpc) is 2.96. The summed E-state index contributed by atoms with van der Waals surface area (Å²) in [4.78, 5) is 2.46. The van der Waals surface area contributed by atoms with Crippen molar-refractivity contribution in [2.75, 3.05) is 39.3 Å². The maximum absolute atomic E-state index is 5.84. The van der Waals surface area contributed by atoms with Gasteiger partial charge in [-0.05, 0) is 18.6 Å². The van der Waals surface area contributed by atoms with E-state index in [9.17, 15) is 0 Å². The molecule has 2 aromatic rings. The normalized spacial score (nSPS) is 16.4. The maximum Gasteiger partial charge on any atom is 0.170 e. The van der Waals surface area contributed by atoms with Gasteiger partial charge < -0.3 is 19.5 Å². The summed E-state index contributed by atoms with van der Waals surface area (Å²) in [7, 11) is 0. The smallest absolute Gasteiger partial charge is 0.170 e. The van der Waals surface area contributed by atoms with Crippen molar-refractivity contribution in [1.29, 1.82) is 0 Å². The molecule has 0 spiro atoms. The molecule has 0 amide bonds. The van der Waals surface area contributed by atoms with Gasteiger partial charge in [0.25, 0.3) is 0 Å². The number of piperazine rings is 1. The summed E-state index contributed by atoms with van der Waals surface area (Å²) in [6.07, 6.45) is 1.90. The van der Waals surface area contributed by atoms with Crippen LogP contribution < -0.4 is 10.1 Å². The van der Waals surface area contributed by atoms with Crippen LogP contribution in [0.5, 0.6) is 5.75 Å². The standard InChI is InChI=1S/C16H23N3O2/c1-2-12-20-14-4-3-5-15-16(14)13(18-21-15)6-9-19-10-7-17-8-11-19/h3-5,17H,2,6-12H2,1H3. The van der Waals surface area contributed by atoms with Crippen LogP contribution in [0, 0.1) is 0 Å². The lowest BCUT2D eigenvalue weighted by molar-refractivity contribution is 0.242. The maximum atomic E-state index is 5.84. The summed E-state index contributed by atoms with van der Waals surface area (Å²) in [6.45, 7) is 8.21. The van der Waals surface area contributed by atoms with Gasteiger partial charge >= 0.3 is 0 Å². The number of rotatable bonds is 6. The van der Waals surface area contributed by atoms with Crippen molar-refractivity contribution in [3.63, 3.8) is 0 Å². The fourth-order valence-corrected chi connectivity index (χ4v) is 2.72. The molecular weight excluding hydrogens is 266 g/mol. The molecule has 0 unspecified atom stereocenters. The van der Waals surface area contributed by atoms with Gasteiger partial charge in [0.2, 0.25) is 0 Å². The van der Waals surface area contributed by atoms with E-state index in [1.165, 1.54) is 0 Å². The van der Waals surface area contributed by atoms with Crippen LogP contribution in [0.3, 0.4) is 0 Å². The second kappa shape index (κ2) is 6.91. The van der Waals surface area contributed by atoms with Crippen LogP contribution in [0.4, 0.5) is 0 Å². The van der Waals surface area contributed by atoms with Crippen molar-refractivity contribution in [1.82, 2.24) is 15.4 Å². The molecule has 1 aliphatic rings. The number of fused-ring (bicyclic) bond motifs is 1. The zero-order valence-electron chi connectivity index (χ0n) is 12.6. The predicted molar refractivity (Wildman–Crippen MR) is 82.8 cm³/mol. The van der Waals surface area contributed by atoms with E-state index in [1.54, 1.807) is 0 Å². The summed E-state index contributed by atoms with van der Waals surface area (Å²) in [6, 6.07) is 5.91. The minimum atomic E-state index is 0.724. The Balaban J connectivity index is 1.74. The number of hydrogen-bond acceptors (Lipinski definition) is 5. The number of hydrogen-bond donors (Lipinski definition) is 1. The van der Waals surface area contributed by atoms with Crippen molar-refractivity contribution >= 4 is 11.0 Å². The molecule has 1 aromatic carbocycles. The molecule has 0 aliphatic carbocycles. The molecule has 1 saturated heterocycles. The molecular formula is C16H23N3O2. The van der Waals surface area contributed by atoms with Crippen molar-refractivity contribution < 1.29 is 9.26 Å². The van der Waals surface area contributed by atoms with E-state index < -0.39 is 0 Å². The molecule has 2 heterocycles. The molecule has 5 nitrogen and oxygen atoms in total. The molecule has 5 heteroatoms. The molecule has 1 aromatic heterocycles. The first-order valence-corrected chi connectivity index (χ1v) is 7.81. The van der Waals surface area contributed by atoms with Crippen LogP contribution in [-0.4, -0.2) is 49.4 Å². The number of aromatic nitrogens is 1. The molecule has 21 heavy (non-hydrogen) atoms. The lowest BCUT2D eigenvalue weighted by Crippen LogP contribution is -2.44. The third-order valence-electron chi connectivity index (χ3n) is 3.87. The Hall–Kier alpha value is -1.59. The lowest BCUT2D eigenvalue weighted by Gasteiger charge is -2.26. The highest BCUT2D eigenvalue weighted by atomic mass is 16.5. The highest BCUT2D eigenvalue weighted by Crippen LogP contribution is 2.29. The first kappa shape index (κ1) is 14.4. The summed E-state index contributed by atoms with van der Waals surface area (Å²) in [5, 5.41) is 8.67. The van der Waals surface area contributed by atoms with Gasteiger partial charge in [0.05, 0.1) is 17.7 Å². The summed E-state index contributed by atoms with van der Waals surface area (Å²) < 4.78 is 11.3. The SMILES string of the molecule is CCCOc1cccc2onc(CCN3CCNCC3)c12. The van der Waals surface area contributed by atoms with Gasteiger partial charge in [0.15, 0.2) is 5.58 Å². The van der Waals surface area contributed by atoms with Crippen LogP contribution in [0.1, 0.15) is 19.0 Å². The molecule has 114 valence electrons. The van der Waals surface area contributed by atoms with Gasteiger partial charge in [0.1, 0.15) is 5.75 Å². The van der Waals surface area contributed by atoms with E-state index in [1.807, 2.05) is 18.2 Å². The molecule has 1 N–H and O–H groups in total. The van der Waals surface area contributed by atoms with Gasteiger partial charge in [0, 0.05) is 39.1 Å². The van der Waals surface area contributed by atoms with Crippen molar-refractivity contribution in [3.8, 4) is 5.75 Å². The summed E-state index contributed by atoms with van der Waals surface area (Å²) >= 11 is 0. The Kier molecular flexibility index (Phi) is 4.72. The van der Waals surface area contributed by atoms with E-state index in [0.29, 0.717) is 0 Å². The van der Waals surface area contributed by atoms with Crippen molar-refractivity contribution in [2.45, 2.75) is 19.8 Å². The molecule has 0 saturated carbocycles. The van der Waals surface area contributed by atoms with E-state index in [4.69, 9.17) is 9.26 Å². The summed E-state index contributed by atoms with van der Waals surface area (Å²) in [5.41, 5.74) is 1.83. The predicted octanol–water partition coefficient (Wildman–Crippen LogP) is 2.06. The minimum absolute atomic E-state index is 0.724. The Morgan fingerprint density at radius 1 is 1.33 bits per heavy atom. The van der Waals surface area contributed by atoms with Gasteiger partial charge in [-0.25, -0.2) is 0 Å². The molecule has 3 rings (SSSR count). The number of ether oxygens (including phenoxy) is 1. The Labute approximate surface area is 125 Å².